The van der Waals surface area contributed by atoms with Gasteiger partial charge in [-0.15, -0.1) is 0 Å². The summed E-state index contributed by atoms with van der Waals surface area (Å²) in [5, 5.41) is 18.9. The summed E-state index contributed by atoms with van der Waals surface area (Å²) in [4.78, 5) is 2.99. The minimum Gasteiger partial charge on any atom is -0.389 e. The zero-order chi connectivity index (χ0) is 10.0. The smallest absolute Gasteiger partial charge is 0.121 e. The number of H-pyrrole nitrogens is 1. The molecular formula is C9H16N2O2. The predicted octanol–water partition coefficient (Wildman–Crippen LogP) is -0.0155. The van der Waals surface area contributed by atoms with Crippen LogP contribution in [0, 0.1) is 13.8 Å². The Morgan fingerprint density at radius 2 is 2.08 bits per heavy atom. The van der Waals surface area contributed by atoms with Gasteiger partial charge < -0.3 is 20.9 Å². The highest BCUT2D eigenvalue weighted by molar-refractivity contribution is 5.26. The van der Waals surface area contributed by atoms with Gasteiger partial charge in [-0.2, -0.15) is 0 Å². The highest BCUT2D eigenvalue weighted by atomic mass is 16.3. The number of aliphatic hydroxyl groups excluding tert-OH is 2. The minimum absolute atomic E-state index is 0.0542. The lowest BCUT2D eigenvalue weighted by Crippen LogP contribution is -2.27. The predicted molar refractivity (Wildman–Crippen MR) is 50.3 cm³/mol. The standard InChI is InChI=1S/C9H16N2O2/c1-5-3-6(2)11-8(5)9(13)7(12)4-10/h3,7,9,11-13H,4,10H2,1-2H3. The molecule has 74 valence electrons. The SMILES string of the molecule is Cc1cc(C)c(C(O)C(O)CN)[nH]1. The van der Waals surface area contributed by atoms with Gasteiger partial charge in [-0.25, -0.2) is 0 Å². The van der Waals surface area contributed by atoms with Crippen LogP contribution >= 0.6 is 0 Å². The van der Waals surface area contributed by atoms with Gasteiger partial charge in [0, 0.05) is 17.9 Å². The van der Waals surface area contributed by atoms with E-state index in [1.54, 1.807) is 0 Å². The van der Waals surface area contributed by atoms with Crippen LogP contribution in [0.15, 0.2) is 6.07 Å². The first-order chi connectivity index (χ1) is 6.06. The fourth-order valence-corrected chi connectivity index (χ4v) is 1.38. The molecule has 0 bridgehead atoms. The van der Waals surface area contributed by atoms with Crippen molar-refractivity contribution in [2.75, 3.05) is 6.54 Å². The van der Waals surface area contributed by atoms with E-state index in [1.165, 1.54) is 0 Å². The zero-order valence-corrected chi connectivity index (χ0v) is 7.91. The highest BCUT2D eigenvalue weighted by Crippen LogP contribution is 2.20. The lowest BCUT2D eigenvalue weighted by molar-refractivity contribution is 0.0216. The van der Waals surface area contributed by atoms with Crippen LogP contribution in [-0.2, 0) is 0 Å². The van der Waals surface area contributed by atoms with Crippen LogP contribution in [0.3, 0.4) is 0 Å². The van der Waals surface area contributed by atoms with Gasteiger partial charge in [0.25, 0.3) is 0 Å². The van der Waals surface area contributed by atoms with E-state index in [-0.39, 0.29) is 6.54 Å². The van der Waals surface area contributed by atoms with Crippen molar-refractivity contribution >= 4 is 0 Å². The fraction of sp³-hybridized carbons (Fsp3) is 0.556. The summed E-state index contributed by atoms with van der Waals surface area (Å²) in [6.45, 7) is 3.84. The second-order valence-corrected chi connectivity index (χ2v) is 3.30. The van der Waals surface area contributed by atoms with Crippen LogP contribution in [0.25, 0.3) is 0 Å². The summed E-state index contributed by atoms with van der Waals surface area (Å²) < 4.78 is 0. The van der Waals surface area contributed by atoms with E-state index in [0.29, 0.717) is 5.69 Å². The number of hydrogen-bond acceptors (Lipinski definition) is 3. The third-order valence-corrected chi connectivity index (χ3v) is 2.09. The van der Waals surface area contributed by atoms with E-state index in [1.807, 2.05) is 19.9 Å². The number of aryl methyl sites for hydroxylation is 2. The third-order valence-electron chi connectivity index (χ3n) is 2.09. The molecule has 0 amide bonds. The van der Waals surface area contributed by atoms with Gasteiger partial charge in [0.15, 0.2) is 0 Å². The van der Waals surface area contributed by atoms with Gasteiger partial charge in [0.1, 0.15) is 6.10 Å². The lowest BCUT2D eigenvalue weighted by Gasteiger charge is -2.15. The van der Waals surface area contributed by atoms with E-state index in [4.69, 9.17) is 5.73 Å². The van der Waals surface area contributed by atoms with Crippen molar-refractivity contribution in [2.24, 2.45) is 5.73 Å². The van der Waals surface area contributed by atoms with Crippen molar-refractivity contribution in [3.63, 3.8) is 0 Å². The fourth-order valence-electron chi connectivity index (χ4n) is 1.38. The monoisotopic (exact) mass is 184 g/mol. The van der Waals surface area contributed by atoms with Crippen LogP contribution in [0.5, 0.6) is 0 Å². The molecule has 1 rings (SSSR count). The van der Waals surface area contributed by atoms with Gasteiger partial charge >= 0.3 is 0 Å². The molecule has 0 saturated heterocycles. The highest BCUT2D eigenvalue weighted by Gasteiger charge is 2.19. The van der Waals surface area contributed by atoms with Gasteiger partial charge in [0.2, 0.25) is 0 Å². The second-order valence-electron chi connectivity index (χ2n) is 3.30. The first-order valence-corrected chi connectivity index (χ1v) is 4.28. The van der Waals surface area contributed by atoms with Crippen LogP contribution in [-0.4, -0.2) is 27.8 Å². The van der Waals surface area contributed by atoms with Crippen LogP contribution in [0.2, 0.25) is 0 Å². The molecule has 1 aromatic heterocycles. The Morgan fingerprint density at radius 1 is 1.46 bits per heavy atom. The molecule has 2 unspecified atom stereocenters. The molecule has 5 N–H and O–H groups in total. The van der Waals surface area contributed by atoms with E-state index in [9.17, 15) is 10.2 Å². The molecule has 0 aliphatic carbocycles. The number of aromatic amines is 1. The summed E-state index contributed by atoms with van der Waals surface area (Å²) in [5.74, 6) is 0. The molecular weight excluding hydrogens is 168 g/mol. The van der Waals surface area contributed by atoms with Crippen LogP contribution in [0.4, 0.5) is 0 Å². The van der Waals surface area contributed by atoms with E-state index in [2.05, 4.69) is 4.98 Å². The zero-order valence-electron chi connectivity index (χ0n) is 7.91. The van der Waals surface area contributed by atoms with Gasteiger partial charge in [-0.3, -0.25) is 0 Å². The van der Waals surface area contributed by atoms with Crippen molar-refractivity contribution in [1.29, 1.82) is 0 Å². The molecule has 0 radical (unpaired) electrons. The van der Waals surface area contributed by atoms with Crippen LogP contribution < -0.4 is 5.73 Å². The maximum Gasteiger partial charge on any atom is 0.121 e. The minimum atomic E-state index is -0.918. The molecule has 1 heterocycles. The molecule has 0 aliphatic rings. The first-order valence-electron chi connectivity index (χ1n) is 4.28. The van der Waals surface area contributed by atoms with E-state index in [0.717, 1.165) is 11.3 Å². The maximum atomic E-state index is 9.62. The maximum absolute atomic E-state index is 9.62. The molecule has 4 nitrogen and oxygen atoms in total. The molecule has 0 aromatic carbocycles. The Balaban J connectivity index is 2.87. The topological polar surface area (TPSA) is 82.3 Å². The molecule has 0 aliphatic heterocycles. The Kier molecular flexibility index (Phi) is 3.08. The Hall–Kier alpha value is -0.840. The summed E-state index contributed by atoms with van der Waals surface area (Å²) >= 11 is 0. The second kappa shape index (κ2) is 3.91. The summed E-state index contributed by atoms with van der Waals surface area (Å²) in [6.07, 6.45) is -1.82. The Labute approximate surface area is 77.4 Å². The van der Waals surface area contributed by atoms with Crippen molar-refractivity contribution < 1.29 is 10.2 Å². The van der Waals surface area contributed by atoms with Gasteiger partial charge in [0.05, 0.1) is 6.10 Å². The molecule has 0 spiro atoms. The summed E-state index contributed by atoms with van der Waals surface area (Å²) in [6, 6.07) is 1.92. The summed E-state index contributed by atoms with van der Waals surface area (Å²) in [5.41, 5.74) is 7.80. The van der Waals surface area contributed by atoms with Crippen molar-refractivity contribution in [2.45, 2.75) is 26.1 Å². The normalized spacial score (nSPS) is 15.8. The molecule has 4 heteroatoms. The lowest BCUT2D eigenvalue weighted by atomic mass is 10.1. The number of aliphatic hydroxyl groups is 2. The number of rotatable bonds is 3. The van der Waals surface area contributed by atoms with E-state index < -0.39 is 12.2 Å². The Bertz CT molecular complexity index is 283. The number of aromatic nitrogens is 1. The molecule has 13 heavy (non-hydrogen) atoms. The molecule has 0 fully saturated rings. The number of hydrogen-bond donors (Lipinski definition) is 4. The third kappa shape index (κ3) is 2.09. The Morgan fingerprint density at radius 3 is 2.46 bits per heavy atom. The van der Waals surface area contributed by atoms with Gasteiger partial charge in [-0.1, -0.05) is 0 Å². The van der Waals surface area contributed by atoms with Crippen molar-refractivity contribution in [3.8, 4) is 0 Å². The van der Waals surface area contributed by atoms with Crippen LogP contribution in [0.1, 0.15) is 23.1 Å². The summed E-state index contributed by atoms with van der Waals surface area (Å²) in [7, 11) is 0. The van der Waals surface area contributed by atoms with Gasteiger partial charge in [-0.05, 0) is 25.5 Å². The van der Waals surface area contributed by atoms with Crippen molar-refractivity contribution in [3.05, 3.63) is 23.0 Å². The quantitative estimate of drug-likeness (QED) is 0.533. The molecule has 1 aromatic rings. The van der Waals surface area contributed by atoms with E-state index >= 15 is 0 Å². The average molecular weight is 184 g/mol. The average Bonchev–Trinajstić information content (AvgIpc) is 2.42. The largest absolute Gasteiger partial charge is 0.389 e. The number of nitrogens with one attached hydrogen (secondary N) is 1. The molecule has 0 saturated carbocycles. The first kappa shape index (κ1) is 10.2. The van der Waals surface area contributed by atoms with Crippen molar-refractivity contribution in [1.82, 2.24) is 4.98 Å². The molecule has 2 atom stereocenters. The number of nitrogens with two attached hydrogens (primary N) is 1.